The Kier molecular flexibility index (Phi) is 4.80. The summed E-state index contributed by atoms with van der Waals surface area (Å²) in [5, 5.41) is 17.4. The molecule has 0 amide bonds. The molecule has 15 heavy (non-hydrogen) atoms. The number of benzene rings is 1. The summed E-state index contributed by atoms with van der Waals surface area (Å²) in [6.45, 7) is -0.728. The Bertz CT molecular complexity index is 293. The average molecular weight is 210 g/mol. The normalized spacial score (nSPS) is 10.3. The van der Waals surface area contributed by atoms with E-state index in [1.54, 1.807) is 0 Å². The van der Waals surface area contributed by atoms with E-state index in [9.17, 15) is 4.79 Å². The number of esters is 1. The molecular formula is C11H14O4. The molecule has 0 aromatic heterocycles. The molecule has 1 rings (SSSR count). The molecule has 0 aliphatic rings. The molecular weight excluding hydrogens is 196 g/mol. The van der Waals surface area contributed by atoms with Crippen LogP contribution in [0, 0.1) is 0 Å². The molecule has 0 saturated heterocycles. The first-order valence-corrected chi connectivity index (χ1v) is 4.71. The quantitative estimate of drug-likeness (QED) is 0.678. The van der Waals surface area contributed by atoms with Crippen LogP contribution < -0.4 is 0 Å². The van der Waals surface area contributed by atoms with Gasteiger partial charge in [0.2, 0.25) is 0 Å². The molecule has 4 nitrogen and oxygen atoms in total. The summed E-state index contributed by atoms with van der Waals surface area (Å²) in [5.74, 6) is -0.450. The van der Waals surface area contributed by atoms with Crippen LogP contribution in [0.3, 0.4) is 0 Å². The minimum absolute atomic E-state index is 0.150. The van der Waals surface area contributed by atoms with Gasteiger partial charge in [0.15, 0.2) is 0 Å². The molecule has 0 atom stereocenters. The first-order chi connectivity index (χ1) is 7.26. The number of carbonyl (C=O) groups excluding carboxylic acids is 1. The molecule has 4 heteroatoms. The number of carbonyl (C=O) groups is 1. The number of ether oxygens (including phenoxy) is 1. The van der Waals surface area contributed by atoms with Gasteiger partial charge in [0.05, 0.1) is 19.6 Å². The Morgan fingerprint density at radius 2 is 1.80 bits per heavy atom. The monoisotopic (exact) mass is 210 g/mol. The Hall–Kier alpha value is -1.39. The van der Waals surface area contributed by atoms with Gasteiger partial charge in [-0.25, -0.2) is 0 Å². The number of hydrogen-bond acceptors (Lipinski definition) is 4. The van der Waals surface area contributed by atoms with Gasteiger partial charge in [-0.05, 0) is 5.56 Å². The summed E-state index contributed by atoms with van der Waals surface area (Å²) in [6.07, 6.45) is -0.668. The van der Waals surface area contributed by atoms with Crippen LogP contribution in [0.5, 0.6) is 0 Å². The Morgan fingerprint density at radius 3 is 2.33 bits per heavy atom. The smallest absolute Gasteiger partial charge is 0.310 e. The standard InChI is InChI=1S/C11H14O4/c12-7-10(8-13)15-11(14)6-9-4-2-1-3-5-9/h1-5,10,12-13H,6-8H2. The summed E-state index contributed by atoms with van der Waals surface area (Å²) in [4.78, 5) is 11.3. The highest BCUT2D eigenvalue weighted by atomic mass is 16.6. The van der Waals surface area contributed by atoms with Crippen molar-refractivity contribution in [2.24, 2.45) is 0 Å². The van der Waals surface area contributed by atoms with Crippen molar-refractivity contribution in [3.63, 3.8) is 0 Å². The van der Waals surface area contributed by atoms with Crippen molar-refractivity contribution in [2.75, 3.05) is 13.2 Å². The van der Waals surface area contributed by atoms with Crippen LogP contribution in [-0.2, 0) is 16.0 Å². The third kappa shape index (κ3) is 4.10. The van der Waals surface area contributed by atoms with Crippen molar-refractivity contribution in [3.8, 4) is 0 Å². The Balaban J connectivity index is 2.43. The Morgan fingerprint density at radius 1 is 1.20 bits per heavy atom. The fourth-order valence-corrected chi connectivity index (χ4v) is 1.12. The van der Waals surface area contributed by atoms with Gasteiger partial charge in [-0.1, -0.05) is 30.3 Å². The highest BCUT2D eigenvalue weighted by Crippen LogP contribution is 2.02. The fourth-order valence-electron chi connectivity index (χ4n) is 1.12. The van der Waals surface area contributed by atoms with Gasteiger partial charge in [-0.2, -0.15) is 0 Å². The van der Waals surface area contributed by atoms with Gasteiger partial charge in [0.1, 0.15) is 6.10 Å². The Labute approximate surface area is 88.1 Å². The molecule has 0 unspecified atom stereocenters. The van der Waals surface area contributed by atoms with Crippen LogP contribution in [0.15, 0.2) is 30.3 Å². The van der Waals surface area contributed by atoms with E-state index >= 15 is 0 Å². The lowest BCUT2D eigenvalue weighted by Crippen LogP contribution is -2.26. The van der Waals surface area contributed by atoms with Gasteiger partial charge in [-0.15, -0.1) is 0 Å². The molecule has 2 N–H and O–H groups in total. The third-order valence-electron chi connectivity index (χ3n) is 1.90. The second kappa shape index (κ2) is 6.16. The zero-order valence-electron chi connectivity index (χ0n) is 8.30. The van der Waals surface area contributed by atoms with E-state index in [1.165, 1.54) is 0 Å². The topological polar surface area (TPSA) is 66.8 Å². The predicted molar refractivity (Wildman–Crippen MR) is 54.2 cm³/mol. The number of hydrogen-bond donors (Lipinski definition) is 2. The molecule has 0 fully saturated rings. The van der Waals surface area contributed by atoms with Crippen molar-refractivity contribution >= 4 is 5.97 Å². The summed E-state index contributed by atoms with van der Waals surface area (Å²) in [7, 11) is 0. The van der Waals surface area contributed by atoms with Crippen LogP contribution in [0.25, 0.3) is 0 Å². The maximum atomic E-state index is 11.3. The van der Waals surface area contributed by atoms with Crippen molar-refractivity contribution in [2.45, 2.75) is 12.5 Å². The van der Waals surface area contributed by atoms with Crippen LogP contribution >= 0.6 is 0 Å². The molecule has 0 radical (unpaired) electrons. The summed E-state index contributed by atoms with van der Waals surface area (Å²) in [5.41, 5.74) is 0.845. The van der Waals surface area contributed by atoms with Crippen molar-refractivity contribution in [3.05, 3.63) is 35.9 Å². The van der Waals surface area contributed by atoms with Gasteiger partial charge >= 0.3 is 5.97 Å². The lowest BCUT2D eigenvalue weighted by molar-refractivity contribution is -0.152. The molecule has 0 saturated carbocycles. The van der Waals surface area contributed by atoms with Crippen LogP contribution in [0.4, 0.5) is 0 Å². The van der Waals surface area contributed by atoms with Crippen molar-refractivity contribution < 1.29 is 19.7 Å². The van der Waals surface area contributed by atoms with Crippen molar-refractivity contribution in [1.29, 1.82) is 0 Å². The van der Waals surface area contributed by atoms with Crippen molar-refractivity contribution in [1.82, 2.24) is 0 Å². The maximum Gasteiger partial charge on any atom is 0.310 e. The maximum absolute atomic E-state index is 11.3. The minimum atomic E-state index is -0.818. The summed E-state index contributed by atoms with van der Waals surface area (Å²) in [6, 6.07) is 9.15. The largest absolute Gasteiger partial charge is 0.457 e. The van der Waals surface area contributed by atoms with E-state index in [1.807, 2.05) is 30.3 Å². The number of rotatable bonds is 5. The molecule has 0 aliphatic heterocycles. The fraction of sp³-hybridized carbons (Fsp3) is 0.364. The number of aliphatic hydroxyl groups excluding tert-OH is 2. The lowest BCUT2D eigenvalue weighted by Gasteiger charge is -2.12. The number of aliphatic hydroxyl groups is 2. The second-order valence-corrected chi connectivity index (χ2v) is 3.14. The molecule has 0 aliphatic carbocycles. The summed E-state index contributed by atoms with van der Waals surface area (Å²) >= 11 is 0. The second-order valence-electron chi connectivity index (χ2n) is 3.14. The highest BCUT2D eigenvalue weighted by Gasteiger charge is 2.12. The molecule has 0 heterocycles. The molecule has 82 valence electrons. The lowest BCUT2D eigenvalue weighted by atomic mass is 10.1. The van der Waals surface area contributed by atoms with E-state index in [0.29, 0.717) is 0 Å². The van der Waals surface area contributed by atoms with Crippen LogP contribution in [0.2, 0.25) is 0 Å². The molecule has 0 spiro atoms. The third-order valence-corrected chi connectivity index (χ3v) is 1.90. The van der Waals surface area contributed by atoms with E-state index in [0.717, 1.165) is 5.56 Å². The van der Waals surface area contributed by atoms with Gasteiger partial charge < -0.3 is 14.9 Å². The van der Waals surface area contributed by atoms with Crippen LogP contribution in [-0.4, -0.2) is 35.5 Å². The van der Waals surface area contributed by atoms with E-state index < -0.39 is 12.1 Å². The highest BCUT2D eigenvalue weighted by molar-refractivity contribution is 5.72. The molecule has 1 aromatic carbocycles. The minimum Gasteiger partial charge on any atom is -0.457 e. The van der Waals surface area contributed by atoms with E-state index in [2.05, 4.69) is 0 Å². The predicted octanol–water partition coefficient (Wildman–Crippen LogP) is 0.125. The SMILES string of the molecule is O=C(Cc1ccccc1)OC(CO)CO. The first kappa shape index (κ1) is 11.7. The first-order valence-electron chi connectivity index (χ1n) is 4.71. The molecule has 1 aromatic rings. The van der Waals surface area contributed by atoms with E-state index in [-0.39, 0.29) is 19.6 Å². The average Bonchev–Trinajstić information content (AvgIpc) is 2.27. The zero-order chi connectivity index (χ0) is 11.1. The van der Waals surface area contributed by atoms with Gasteiger partial charge in [0, 0.05) is 0 Å². The van der Waals surface area contributed by atoms with E-state index in [4.69, 9.17) is 14.9 Å². The zero-order valence-corrected chi connectivity index (χ0v) is 8.30. The molecule has 0 bridgehead atoms. The van der Waals surface area contributed by atoms with Gasteiger partial charge in [-0.3, -0.25) is 4.79 Å². The summed E-state index contributed by atoms with van der Waals surface area (Å²) < 4.78 is 4.81. The van der Waals surface area contributed by atoms with Gasteiger partial charge in [0.25, 0.3) is 0 Å². The van der Waals surface area contributed by atoms with Crippen LogP contribution in [0.1, 0.15) is 5.56 Å².